The third kappa shape index (κ3) is 4.79. The average molecular weight is 500 g/mol. The maximum atomic E-state index is 13.4. The van der Waals surface area contributed by atoms with Crippen LogP contribution in [0.25, 0.3) is 21.9 Å². The Morgan fingerprint density at radius 2 is 1.95 bits per heavy atom. The van der Waals surface area contributed by atoms with Crippen molar-refractivity contribution in [2.24, 2.45) is 17.9 Å². The second-order valence-corrected chi connectivity index (χ2v) is 12.5. The number of carbonyl (C=O) groups excluding carboxylic acids is 1. The Hall–Kier alpha value is -3.48. The maximum absolute atomic E-state index is 13.4. The zero-order chi connectivity index (χ0) is 26.5. The summed E-state index contributed by atoms with van der Waals surface area (Å²) < 4.78 is 3.49. The third-order valence-electron chi connectivity index (χ3n) is 7.89. The van der Waals surface area contributed by atoms with Crippen LogP contribution in [0.2, 0.25) is 0 Å². The van der Waals surface area contributed by atoms with Gasteiger partial charge in [-0.3, -0.25) is 18.9 Å². The van der Waals surface area contributed by atoms with Crippen LogP contribution >= 0.6 is 0 Å². The predicted octanol–water partition coefficient (Wildman–Crippen LogP) is 5.42. The third-order valence-corrected chi connectivity index (χ3v) is 7.89. The van der Waals surface area contributed by atoms with E-state index in [0.29, 0.717) is 12.1 Å². The van der Waals surface area contributed by atoms with Crippen molar-refractivity contribution in [2.75, 3.05) is 0 Å². The van der Waals surface area contributed by atoms with Crippen molar-refractivity contribution in [3.05, 3.63) is 70.5 Å². The van der Waals surface area contributed by atoms with Crippen molar-refractivity contribution in [1.29, 1.82) is 0 Å². The monoisotopic (exact) mass is 499 g/mol. The molecule has 1 N–H and O–H groups in total. The first-order valence-corrected chi connectivity index (χ1v) is 13.1. The molecule has 1 aliphatic rings. The SMILES string of the molecule is Cn1c(=O)n(CC(C)(C)C)c2ccc(C3CCC(C)(C)C(NC(=O)c4cccc5ccncc45)C3)nc21. The van der Waals surface area contributed by atoms with Gasteiger partial charge in [0, 0.05) is 54.6 Å². The lowest BCUT2D eigenvalue weighted by Gasteiger charge is -2.42. The van der Waals surface area contributed by atoms with Crippen LogP contribution in [-0.2, 0) is 13.6 Å². The highest BCUT2D eigenvalue weighted by Crippen LogP contribution is 2.42. The Morgan fingerprint density at radius 3 is 2.70 bits per heavy atom. The summed E-state index contributed by atoms with van der Waals surface area (Å²) in [5.74, 6) is 0.139. The van der Waals surface area contributed by atoms with Crippen molar-refractivity contribution in [3.63, 3.8) is 0 Å². The first-order chi connectivity index (χ1) is 17.4. The molecule has 7 nitrogen and oxygen atoms in total. The van der Waals surface area contributed by atoms with E-state index in [1.165, 1.54) is 0 Å². The lowest BCUT2D eigenvalue weighted by Crippen LogP contribution is -2.48. The van der Waals surface area contributed by atoms with Crippen LogP contribution in [0.3, 0.4) is 0 Å². The van der Waals surface area contributed by atoms with Crippen molar-refractivity contribution in [1.82, 2.24) is 24.4 Å². The van der Waals surface area contributed by atoms with E-state index in [0.717, 1.165) is 46.9 Å². The first kappa shape index (κ1) is 25.2. The van der Waals surface area contributed by atoms with Crippen molar-refractivity contribution in [2.45, 2.75) is 72.4 Å². The van der Waals surface area contributed by atoms with Gasteiger partial charge in [0.15, 0.2) is 5.65 Å². The maximum Gasteiger partial charge on any atom is 0.330 e. The van der Waals surface area contributed by atoms with Gasteiger partial charge in [0.05, 0.1) is 5.52 Å². The van der Waals surface area contributed by atoms with Gasteiger partial charge >= 0.3 is 5.69 Å². The Bertz CT molecular complexity index is 1530. The average Bonchev–Trinajstić information content (AvgIpc) is 3.08. The number of aromatic nitrogens is 4. The zero-order valence-corrected chi connectivity index (χ0v) is 22.7. The Balaban J connectivity index is 1.42. The molecule has 3 heterocycles. The number of nitrogens with zero attached hydrogens (tertiary/aromatic N) is 4. The van der Waals surface area contributed by atoms with E-state index in [-0.39, 0.29) is 34.4 Å². The number of pyridine rings is 2. The zero-order valence-electron chi connectivity index (χ0n) is 22.7. The second-order valence-electron chi connectivity index (χ2n) is 12.5. The molecule has 1 fully saturated rings. The number of aryl methyl sites for hydroxylation is 1. The normalized spacial score (nSPS) is 19.8. The van der Waals surface area contributed by atoms with Gasteiger partial charge in [0.1, 0.15) is 0 Å². The van der Waals surface area contributed by atoms with Crippen molar-refractivity contribution >= 4 is 27.8 Å². The Kier molecular flexibility index (Phi) is 6.21. The van der Waals surface area contributed by atoms with Gasteiger partial charge in [-0.1, -0.05) is 46.8 Å². The molecule has 2 unspecified atom stereocenters. The van der Waals surface area contributed by atoms with E-state index in [9.17, 15) is 9.59 Å². The summed E-state index contributed by atoms with van der Waals surface area (Å²) in [6.07, 6.45) is 6.27. The highest BCUT2D eigenvalue weighted by atomic mass is 16.2. The van der Waals surface area contributed by atoms with Gasteiger partial charge in [0.25, 0.3) is 5.91 Å². The van der Waals surface area contributed by atoms with Gasteiger partial charge < -0.3 is 5.32 Å². The van der Waals surface area contributed by atoms with Crippen LogP contribution in [0.15, 0.2) is 53.6 Å². The van der Waals surface area contributed by atoms with Gasteiger partial charge in [-0.25, -0.2) is 9.78 Å². The quantitative estimate of drug-likeness (QED) is 0.406. The van der Waals surface area contributed by atoms with E-state index in [1.54, 1.807) is 24.0 Å². The molecule has 7 heteroatoms. The van der Waals surface area contributed by atoms with Gasteiger partial charge in [0.2, 0.25) is 0 Å². The molecule has 2 atom stereocenters. The standard InChI is InChI=1S/C30H37N5O2/c1-29(2,3)18-35-24-11-10-23(32-26(24)34(6)28(35)37)20-12-14-30(4,5)25(16-20)33-27(36)21-9-7-8-19-13-15-31-17-22(19)21/h7-11,13,15,17,20,25H,12,14,16,18H2,1-6H3,(H,33,36). The van der Waals surface area contributed by atoms with E-state index in [2.05, 4.69) is 51.0 Å². The van der Waals surface area contributed by atoms with Crippen LogP contribution in [0.4, 0.5) is 0 Å². The summed E-state index contributed by atoms with van der Waals surface area (Å²) >= 11 is 0. The number of hydrogen-bond acceptors (Lipinski definition) is 4. The molecule has 4 aromatic rings. The van der Waals surface area contributed by atoms with Crippen molar-refractivity contribution < 1.29 is 4.79 Å². The van der Waals surface area contributed by atoms with Gasteiger partial charge in [-0.2, -0.15) is 0 Å². The molecule has 5 rings (SSSR count). The van der Waals surface area contributed by atoms with Gasteiger partial charge in [-0.15, -0.1) is 0 Å². The molecule has 3 aromatic heterocycles. The summed E-state index contributed by atoms with van der Waals surface area (Å²) in [5, 5.41) is 5.22. The van der Waals surface area contributed by atoms with E-state index in [4.69, 9.17) is 4.98 Å². The number of benzene rings is 1. The molecule has 0 aliphatic heterocycles. The Labute approximate surface area is 217 Å². The molecule has 1 aromatic carbocycles. The summed E-state index contributed by atoms with van der Waals surface area (Å²) in [4.78, 5) is 35.6. The van der Waals surface area contributed by atoms with Crippen LogP contribution in [-0.4, -0.2) is 31.1 Å². The first-order valence-electron chi connectivity index (χ1n) is 13.1. The van der Waals surface area contributed by atoms with Crippen molar-refractivity contribution in [3.8, 4) is 0 Å². The highest BCUT2D eigenvalue weighted by molar-refractivity contribution is 6.06. The number of fused-ring (bicyclic) bond motifs is 2. The Morgan fingerprint density at radius 1 is 1.16 bits per heavy atom. The largest absolute Gasteiger partial charge is 0.349 e. The smallest absolute Gasteiger partial charge is 0.330 e. The number of rotatable bonds is 4. The molecule has 0 bridgehead atoms. The summed E-state index contributed by atoms with van der Waals surface area (Å²) in [7, 11) is 1.80. The topological polar surface area (TPSA) is 81.8 Å². The number of carbonyl (C=O) groups is 1. The number of imidazole rings is 1. The summed E-state index contributed by atoms with van der Waals surface area (Å²) in [5.41, 5.74) is 3.14. The van der Waals surface area contributed by atoms with E-state index >= 15 is 0 Å². The molecule has 1 saturated carbocycles. The second kappa shape index (κ2) is 9.12. The highest BCUT2D eigenvalue weighted by Gasteiger charge is 2.38. The fourth-order valence-electron chi connectivity index (χ4n) is 5.65. The predicted molar refractivity (Wildman–Crippen MR) is 148 cm³/mol. The molecule has 194 valence electrons. The minimum absolute atomic E-state index is 0.00233. The molecule has 0 saturated heterocycles. The molecule has 1 aliphatic carbocycles. The molecule has 1 amide bonds. The lowest BCUT2D eigenvalue weighted by atomic mass is 9.68. The van der Waals surface area contributed by atoms with Crippen LogP contribution in [0, 0.1) is 10.8 Å². The molecular formula is C30H37N5O2. The lowest BCUT2D eigenvalue weighted by molar-refractivity contribution is 0.0838. The van der Waals surface area contributed by atoms with E-state index < -0.39 is 0 Å². The number of nitrogens with one attached hydrogen (secondary N) is 1. The minimum atomic E-state index is -0.0672. The molecule has 0 spiro atoms. The fourth-order valence-corrected chi connectivity index (χ4v) is 5.65. The van der Waals surface area contributed by atoms with Crippen LogP contribution in [0.5, 0.6) is 0 Å². The summed E-state index contributed by atoms with van der Waals surface area (Å²) in [6, 6.07) is 11.8. The summed E-state index contributed by atoms with van der Waals surface area (Å²) in [6.45, 7) is 11.5. The molecular weight excluding hydrogens is 462 g/mol. The van der Waals surface area contributed by atoms with Crippen LogP contribution < -0.4 is 11.0 Å². The fraction of sp³-hybridized carbons (Fsp3) is 0.467. The number of hydrogen-bond donors (Lipinski definition) is 1. The minimum Gasteiger partial charge on any atom is -0.349 e. The van der Waals surface area contributed by atoms with E-state index in [1.807, 2.05) is 34.9 Å². The van der Waals surface area contributed by atoms with Gasteiger partial charge in [-0.05, 0) is 59.7 Å². The number of amides is 1. The molecule has 0 radical (unpaired) electrons. The van der Waals surface area contributed by atoms with Crippen LogP contribution in [0.1, 0.15) is 75.9 Å². The molecule has 37 heavy (non-hydrogen) atoms.